The Labute approximate surface area is 137 Å². The van der Waals surface area contributed by atoms with Crippen molar-refractivity contribution in [3.05, 3.63) is 17.7 Å². The van der Waals surface area contributed by atoms with Crippen LogP contribution in [0.1, 0.15) is 38.2 Å². The quantitative estimate of drug-likeness (QED) is 0.725. The Morgan fingerprint density at radius 2 is 1.70 bits per heavy atom. The molecule has 1 aromatic rings. The lowest BCUT2D eigenvalue weighted by molar-refractivity contribution is -0.139. The van der Waals surface area contributed by atoms with Crippen LogP contribution < -0.4 is 19.9 Å². The lowest BCUT2D eigenvalue weighted by atomic mass is 9.81. The summed E-state index contributed by atoms with van der Waals surface area (Å²) in [6.07, 6.45) is 1.20. The van der Waals surface area contributed by atoms with E-state index in [4.69, 9.17) is 25.1 Å². The van der Waals surface area contributed by atoms with Crippen molar-refractivity contribution in [2.75, 3.05) is 21.3 Å². The van der Waals surface area contributed by atoms with Crippen molar-refractivity contribution in [3.63, 3.8) is 0 Å². The Balaban J connectivity index is 3.22. The lowest BCUT2D eigenvalue weighted by Crippen LogP contribution is -2.33. The van der Waals surface area contributed by atoms with E-state index in [2.05, 4.69) is 0 Å². The third-order valence-electron chi connectivity index (χ3n) is 4.31. The van der Waals surface area contributed by atoms with Gasteiger partial charge in [0, 0.05) is 17.7 Å². The number of benzene rings is 1. The third-order valence-corrected chi connectivity index (χ3v) is 4.31. The van der Waals surface area contributed by atoms with Gasteiger partial charge in [-0.2, -0.15) is 0 Å². The Kier molecular flexibility index (Phi) is 7.16. The minimum atomic E-state index is -0.982. The lowest BCUT2D eigenvalue weighted by Gasteiger charge is -2.27. The molecule has 6 nitrogen and oxygen atoms in total. The van der Waals surface area contributed by atoms with Crippen molar-refractivity contribution in [1.82, 2.24) is 0 Å². The normalized spacial score (nSPS) is 14.7. The summed E-state index contributed by atoms with van der Waals surface area (Å²) in [4.78, 5) is 11.0. The van der Waals surface area contributed by atoms with Gasteiger partial charge in [-0.25, -0.2) is 0 Å². The van der Waals surface area contributed by atoms with Gasteiger partial charge in [0.25, 0.3) is 0 Å². The van der Waals surface area contributed by atoms with Crippen molar-refractivity contribution in [2.24, 2.45) is 11.7 Å². The van der Waals surface area contributed by atoms with E-state index < -0.39 is 12.0 Å². The number of ether oxygens (including phenoxy) is 3. The predicted octanol–water partition coefficient (Wildman–Crippen LogP) is 2.64. The van der Waals surface area contributed by atoms with E-state index in [-0.39, 0.29) is 11.8 Å². The first kappa shape index (κ1) is 19.1. The van der Waals surface area contributed by atoms with Crippen LogP contribution in [0.15, 0.2) is 12.1 Å². The van der Waals surface area contributed by atoms with Gasteiger partial charge in [-0.3, -0.25) is 4.79 Å². The van der Waals surface area contributed by atoms with E-state index >= 15 is 0 Å². The highest BCUT2D eigenvalue weighted by molar-refractivity contribution is 5.73. The van der Waals surface area contributed by atoms with E-state index in [0.29, 0.717) is 23.7 Å². The first-order valence-electron chi connectivity index (χ1n) is 7.67. The van der Waals surface area contributed by atoms with Gasteiger partial charge in [-0.05, 0) is 18.3 Å². The van der Waals surface area contributed by atoms with Gasteiger partial charge in [0.2, 0.25) is 0 Å². The number of hydrogen-bond acceptors (Lipinski definition) is 5. The Bertz CT molecular complexity index is 507. The van der Waals surface area contributed by atoms with Crippen LogP contribution >= 0.6 is 0 Å². The summed E-state index contributed by atoms with van der Waals surface area (Å²) < 4.78 is 16.2. The topological polar surface area (TPSA) is 91.0 Å². The first-order valence-corrected chi connectivity index (χ1v) is 7.67. The summed E-state index contributed by atoms with van der Waals surface area (Å²) in [5, 5.41) is 9.06. The summed E-state index contributed by atoms with van der Waals surface area (Å²) in [7, 11) is 4.76. The minimum Gasteiger partial charge on any atom is -0.496 e. The summed E-state index contributed by atoms with van der Waals surface area (Å²) in [6, 6.07) is 2.73. The van der Waals surface area contributed by atoms with Gasteiger partial charge < -0.3 is 25.1 Å². The highest BCUT2D eigenvalue weighted by atomic mass is 16.5. The number of methoxy groups -OCH3 is 3. The zero-order valence-electron chi connectivity index (χ0n) is 14.5. The number of rotatable bonds is 9. The Morgan fingerprint density at radius 3 is 2.04 bits per heavy atom. The molecule has 0 saturated heterocycles. The molecule has 23 heavy (non-hydrogen) atoms. The second kappa shape index (κ2) is 8.62. The van der Waals surface area contributed by atoms with Crippen LogP contribution in [0, 0.1) is 5.92 Å². The average Bonchev–Trinajstić information content (AvgIpc) is 2.57. The second-order valence-electron chi connectivity index (χ2n) is 5.58. The standard InChI is InChI=1S/C17H27NO5/c1-6-11(7-13(18)17(19)20)10(2)16-14(22-4)8-12(21-3)9-15(16)23-5/h8-11,13H,6-7,18H2,1-5H3,(H,19,20). The predicted molar refractivity (Wildman–Crippen MR) is 88.5 cm³/mol. The molecule has 0 fully saturated rings. The molecule has 0 amide bonds. The molecule has 130 valence electrons. The zero-order chi connectivity index (χ0) is 17.6. The second-order valence-corrected chi connectivity index (χ2v) is 5.58. The number of nitrogens with two attached hydrogens (primary N) is 1. The van der Waals surface area contributed by atoms with Gasteiger partial charge in [0.1, 0.15) is 23.3 Å². The van der Waals surface area contributed by atoms with Gasteiger partial charge in [-0.1, -0.05) is 20.3 Å². The van der Waals surface area contributed by atoms with Crippen LogP contribution in [0.25, 0.3) is 0 Å². The van der Waals surface area contributed by atoms with Crippen LogP contribution in [0.4, 0.5) is 0 Å². The van der Waals surface area contributed by atoms with Crippen molar-refractivity contribution in [3.8, 4) is 17.2 Å². The summed E-state index contributed by atoms with van der Waals surface area (Å²) in [6.45, 7) is 4.06. The summed E-state index contributed by atoms with van der Waals surface area (Å²) in [5.41, 5.74) is 6.62. The van der Waals surface area contributed by atoms with Crippen molar-refractivity contribution >= 4 is 5.97 Å². The molecule has 0 aliphatic carbocycles. The monoisotopic (exact) mass is 325 g/mol. The largest absolute Gasteiger partial charge is 0.496 e. The van der Waals surface area contributed by atoms with E-state index in [1.807, 2.05) is 13.8 Å². The SMILES string of the molecule is CCC(CC(N)C(=O)O)C(C)c1c(OC)cc(OC)cc1OC. The number of aliphatic carboxylic acids is 1. The van der Waals surface area contributed by atoms with Crippen LogP contribution in [0.2, 0.25) is 0 Å². The molecule has 3 unspecified atom stereocenters. The molecule has 0 aliphatic heterocycles. The van der Waals surface area contributed by atoms with Crippen LogP contribution in [-0.4, -0.2) is 38.4 Å². The molecule has 0 radical (unpaired) electrons. The molecule has 0 saturated carbocycles. The maximum absolute atomic E-state index is 11.0. The van der Waals surface area contributed by atoms with Gasteiger partial charge in [0.15, 0.2) is 0 Å². The fourth-order valence-corrected chi connectivity index (χ4v) is 2.87. The first-order chi connectivity index (χ1) is 10.9. The van der Waals surface area contributed by atoms with Gasteiger partial charge >= 0.3 is 5.97 Å². The third kappa shape index (κ3) is 4.51. The maximum atomic E-state index is 11.0. The zero-order valence-corrected chi connectivity index (χ0v) is 14.5. The average molecular weight is 325 g/mol. The van der Waals surface area contributed by atoms with E-state index in [9.17, 15) is 4.79 Å². The Morgan fingerprint density at radius 1 is 1.17 bits per heavy atom. The molecule has 0 bridgehead atoms. The van der Waals surface area contributed by atoms with Crippen molar-refractivity contribution in [2.45, 2.75) is 38.6 Å². The molecule has 0 spiro atoms. The molecular formula is C17H27NO5. The van der Waals surface area contributed by atoms with Crippen molar-refractivity contribution < 1.29 is 24.1 Å². The molecule has 3 atom stereocenters. The number of hydrogen-bond donors (Lipinski definition) is 2. The molecule has 0 aromatic heterocycles. The molecule has 3 N–H and O–H groups in total. The number of carboxylic acid groups (broad SMARTS) is 1. The fraction of sp³-hybridized carbons (Fsp3) is 0.588. The highest BCUT2D eigenvalue weighted by Crippen LogP contribution is 2.43. The van der Waals surface area contributed by atoms with Crippen molar-refractivity contribution in [1.29, 1.82) is 0 Å². The fourth-order valence-electron chi connectivity index (χ4n) is 2.87. The Hall–Kier alpha value is -1.95. The van der Waals surface area contributed by atoms with E-state index in [0.717, 1.165) is 12.0 Å². The number of carboxylic acids is 1. The maximum Gasteiger partial charge on any atom is 0.320 e. The van der Waals surface area contributed by atoms with Crippen LogP contribution in [0.3, 0.4) is 0 Å². The van der Waals surface area contributed by atoms with Crippen LogP contribution in [-0.2, 0) is 4.79 Å². The van der Waals surface area contributed by atoms with Gasteiger partial charge in [0.05, 0.1) is 21.3 Å². The molecule has 0 heterocycles. The molecule has 1 aromatic carbocycles. The van der Waals surface area contributed by atoms with Crippen LogP contribution in [0.5, 0.6) is 17.2 Å². The minimum absolute atomic E-state index is 0.0289. The highest BCUT2D eigenvalue weighted by Gasteiger charge is 2.28. The smallest absolute Gasteiger partial charge is 0.320 e. The summed E-state index contributed by atoms with van der Waals surface area (Å²) >= 11 is 0. The van der Waals surface area contributed by atoms with E-state index in [1.165, 1.54) is 0 Å². The molecule has 0 aliphatic rings. The molecule has 6 heteroatoms. The molecular weight excluding hydrogens is 298 g/mol. The molecule has 1 rings (SSSR count). The summed E-state index contributed by atoms with van der Waals surface area (Å²) in [5.74, 6) is 1.11. The van der Waals surface area contributed by atoms with E-state index in [1.54, 1.807) is 33.5 Å². The number of carbonyl (C=O) groups is 1. The van der Waals surface area contributed by atoms with Gasteiger partial charge in [-0.15, -0.1) is 0 Å².